The zero-order valence-electron chi connectivity index (χ0n) is 17.6. The van der Waals surface area contributed by atoms with Crippen LogP contribution in [0.5, 0.6) is 11.6 Å². The van der Waals surface area contributed by atoms with E-state index in [1.54, 1.807) is 30.5 Å². The van der Waals surface area contributed by atoms with Crippen LogP contribution in [-0.4, -0.2) is 44.5 Å². The lowest BCUT2D eigenvalue weighted by Crippen LogP contribution is -2.19. The molecule has 1 amide bonds. The molecule has 0 aliphatic heterocycles. The van der Waals surface area contributed by atoms with Crippen LogP contribution in [0, 0.1) is 0 Å². The largest absolute Gasteiger partial charge is 0.462 e. The molecule has 174 valence electrons. The first-order valence-corrected chi connectivity index (χ1v) is 10.7. The van der Waals surface area contributed by atoms with E-state index in [2.05, 4.69) is 20.4 Å². The summed E-state index contributed by atoms with van der Waals surface area (Å²) in [6, 6.07) is 7.46. The molecule has 9 nitrogen and oxygen atoms in total. The first-order valence-electron chi connectivity index (χ1n) is 9.43. The summed E-state index contributed by atoms with van der Waals surface area (Å²) in [5.41, 5.74) is -1.51. The molecule has 33 heavy (non-hydrogen) atoms. The summed E-state index contributed by atoms with van der Waals surface area (Å²) in [6.07, 6.45) is -2.49. The van der Waals surface area contributed by atoms with Crippen LogP contribution in [0.15, 0.2) is 41.7 Å². The van der Waals surface area contributed by atoms with E-state index < -0.39 is 23.4 Å². The molecule has 0 bridgehead atoms. The third-order valence-electron chi connectivity index (χ3n) is 4.00. The van der Waals surface area contributed by atoms with Gasteiger partial charge in [-0.05, 0) is 37.4 Å². The number of ether oxygens (including phenoxy) is 2. The number of thioether (sulfide) groups is 1. The summed E-state index contributed by atoms with van der Waals surface area (Å²) in [7, 11) is 0. The van der Waals surface area contributed by atoms with E-state index in [1.807, 2.05) is 0 Å². The fourth-order valence-corrected chi connectivity index (χ4v) is 3.09. The van der Waals surface area contributed by atoms with E-state index in [0.29, 0.717) is 16.1 Å². The highest BCUT2D eigenvalue weighted by molar-refractivity contribution is 7.98. The third kappa shape index (κ3) is 5.80. The number of hydrogen-bond donors (Lipinski definition) is 1. The Kier molecular flexibility index (Phi) is 7.21. The molecule has 13 heteroatoms. The molecule has 0 radical (unpaired) electrons. The predicted octanol–water partition coefficient (Wildman–Crippen LogP) is 4.33. The molecular weight excluding hydrogens is 463 g/mol. The van der Waals surface area contributed by atoms with Gasteiger partial charge in [0, 0.05) is 18.7 Å². The minimum absolute atomic E-state index is 0.0436. The van der Waals surface area contributed by atoms with Gasteiger partial charge in [0.2, 0.25) is 11.8 Å². The van der Waals surface area contributed by atoms with Crippen molar-refractivity contribution in [2.24, 2.45) is 0 Å². The molecule has 3 rings (SSSR count). The van der Waals surface area contributed by atoms with Gasteiger partial charge in [0.25, 0.3) is 0 Å². The maximum atomic E-state index is 13.8. The Balaban J connectivity index is 2.01. The minimum Gasteiger partial charge on any atom is -0.462 e. The summed E-state index contributed by atoms with van der Waals surface area (Å²) in [5, 5.41) is 6.45. The quantitative estimate of drug-likeness (QED) is 0.302. The molecule has 2 heterocycles. The number of carbonyl (C=O) groups excluding carboxylic acids is 2. The number of esters is 1. The lowest BCUT2D eigenvalue weighted by Gasteiger charge is -2.13. The van der Waals surface area contributed by atoms with E-state index in [9.17, 15) is 22.8 Å². The summed E-state index contributed by atoms with van der Waals surface area (Å²) in [4.78, 5) is 31.4. The van der Waals surface area contributed by atoms with Gasteiger partial charge in [0.05, 0.1) is 12.8 Å². The standard InChI is InChI=1S/C20H18F3N5O4S/c1-4-31-18(30)14-10-24-28(17(14)20(21,22)23)15-9-16(27-19(26-15)33-3)32-13-7-5-12(6-8-13)25-11(2)29/h5-10H,4H2,1-3H3,(H,25,29). The van der Waals surface area contributed by atoms with Crippen molar-refractivity contribution in [3.8, 4) is 17.4 Å². The van der Waals surface area contributed by atoms with Crippen LogP contribution < -0.4 is 10.1 Å². The predicted molar refractivity (Wildman–Crippen MR) is 113 cm³/mol. The molecule has 3 aromatic rings. The fourth-order valence-electron chi connectivity index (χ4n) is 2.73. The number of amides is 1. The minimum atomic E-state index is -4.91. The number of anilines is 1. The normalized spacial score (nSPS) is 11.2. The van der Waals surface area contributed by atoms with Gasteiger partial charge in [0.1, 0.15) is 11.3 Å². The van der Waals surface area contributed by atoms with Gasteiger partial charge in [-0.2, -0.15) is 23.3 Å². The van der Waals surface area contributed by atoms with Gasteiger partial charge in [-0.15, -0.1) is 0 Å². The van der Waals surface area contributed by atoms with E-state index in [-0.39, 0.29) is 29.4 Å². The van der Waals surface area contributed by atoms with E-state index >= 15 is 0 Å². The first-order chi connectivity index (χ1) is 15.6. The van der Waals surface area contributed by atoms with Gasteiger partial charge < -0.3 is 14.8 Å². The second-order valence-corrected chi connectivity index (χ2v) is 7.17. The smallest absolute Gasteiger partial charge is 0.434 e. The number of hydrogen-bond acceptors (Lipinski definition) is 8. The molecule has 1 aromatic carbocycles. The van der Waals surface area contributed by atoms with Crippen LogP contribution in [0.3, 0.4) is 0 Å². The average Bonchev–Trinajstić information content (AvgIpc) is 3.21. The molecule has 2 aromatic heterocycles. The van der Waals surface area contributed by atoms with Crippen LogP contribution >= 0.6 is 11.8 Å². The highest BCUT2D eigenvalue weighted by Crippen LogP contribution is 2.34. The number of carbonyl (C=O) groups is 2. The van der Waals surface area contributed by atoms with Crippen molar-refractivity contribution in [2.75, 3.05) is 18.2 Å². The third-order valence-corrected chi connectivity index (χ3v) is 4.55. The topological polar surface area (TPSA) is 108 Å². The summed E-state index contributed by atoms with van der Waals surface area (Å²) < 4.78 is 52.3. The highest BCUT2D eigenvalue weighted by atomic mass is 32.2. The SMILES string of the molecule is CCOC(=O)c1cnn(-c2cc(Oc3ccc(NC(C)=O)cc3)nc(SC)n2)c1C(F)(F)F. The summed E-state index contributed by atoms with van der Waals surface area (Å²) in [5.74, 6) is -1.36. The van der Waals surface area contributed by atoms with Crippen LogP contribution in [0.2, 0.25) is 0 Å². The van der Waals surface area contributed by atoms with Gasteiger partial charge in [-0.25, -0.2) is 14.5 Å². The summed E-state index contributed by atoms with van der Waals surface area (Å²) in [6.45, 7) is 2.76. The van der Waals surface area contributed by atoms with Crippen molar-refractivity contribution in [2.45, 2.75) is 25.2 Å². The Morgan fingerprint density at radius 1 is 1.18 bits per heavy atom. The maximum Gasteiger partial charge on any atom is 0.434 e. The molecule has 0 fully saturated rings. The first kappa shape index (κ1) is 24.0. The highest BCUT2D eigenvalue weighted by Gasteiger charge is 2.41. The van der Waals surface area contributed by atoms with Crippen LogP contribution in [0.1, 0.15) is 29.9 Å². The van der Waals surface area contributed by atoms with Crippen molar-refractivity contribution in [1.82, 2.24) is 19.7 Å². The molecule has 0 aliphatic rings. The monoisotopic (exact) mass is 481 g/mol. The van der Waals surface area contributed by atoms with Crippen molar-refractivity contribution in [3.63, 3.8) is 0 Å². The number of rotatable bonds is 7. The Morgan fingerprint density at radius 2 is 1.88 bits per heavy atom. The van der Waals surface area contributed by atoms with Gasteiger partial charge >= 0.3 is 12.1 Å². The number of benzene rings is 1. The average molecular weight is 481 g/mol. The number of nitrogens with one attached hydrogen (secondary N) is 1. The van der Waals surface area contributed by atoms with Gasteiger partial charge in [-0.3, -0.25) is 4.79 Å². The molecule has 0 unspecified atom stereocenters. The van der Waals surface area contributed by atoms with Crippen LogP contribution in [0.25, 0.3) is 5.82 Å². The molecule has 0 atom stereocenters. The second-order valence-electron chi connectivity index (χ2n) is 6.40. The fraction of sp³-hybridized carbons (Fsp3) is 0.250. The lowest BCUT2D eigenvalue weighted by atomic mass is 10.2. The van der Waals surface area contributed by atoms with Crippen LogP contribution in [-0.2, 0) is 15.7 Å². The zero-order valence-corrected chi connectivity index (χ0v) is 18.5. The van der Waals surface area contributed by atoms with E-state index in [1.165, 1.54) is 19.9 Å². The molecular formula is C20H18F3N5O4S. The van der Waals surface area contributed by atoms with Gasteiger partial charge in [-0.1, -0.05) is 11.8 Å². The molecule has 0 saturated carbocycles. The Labute approximate surface area is 190 Å². The second kappa shape index (κ2) is 9.90. The number of alkyl halides is 3. The van der Waals surface area contributed by atoms with Crippen molar-refractivity contribution >= 4 is 29.3 Å². The van der Waals surface area contributed by atoms with Crippen molar-refractivity contribution in [3.05, 3.63) is 47.8 Å². The maximum absolute atomic E-state index is 13.8. The van der Waals surface area contributed by atoms with Crippen molar-refractivity contribution < 1.29 is 32.2 Å². The van der Waals surface area contributed by atoms with E-state index in [4.69, 9.17) is 9.47 Å². The number of halogens is 3. The zero-order chi connectivity index (χ0) is 24.2. The summed E-state index contributed by atoms with van der Waals surface area (Å²) >= 11 is 1.08. The number of nitrogens with zero attached hydrogens (tertiary/aromatic N) is 4. The molecule has 0 aliphatic carbocycles. The van der Waals surface area contributed by atoms with Gasteiger partial charge in [0.15, 0.2) is 16.7 Å². The molecule has 0 saturated heterocycles. The Morgan fingerprint density at radius 3 is 2.45 bits per heavy atom. The number of aromatic nitrogens is 4. The Bertz CT molecular complexity index is 1170. The Hall–Kier alpha value is -3.61. The molecule has 0 spiro atoms. The van der Waals surface area contributed by atoms with Crippen molar-refractivity contribution in [1.29, 1.82) is 0 Å². The lowest BCUT2D eigenvalue weighted by molar-refractivity contribution is -0.143. The molecule has 1 N–H and O–H groups in total. The van der Waals surface area contributed by atoms with Crippen LogP contribution in [0.4, 0.5) is 18.9 Å². The van der Waals surface area contributed by atoms with E-state index in [0.717, 1.165) is 18.0 Å².